The minimum atomic E-state index is -0.544. The molecule has 1 aromatic heterocycles. The molecule has 4 rings (SSSR count). The maximum Gasteiger partial charge on any atom is 0.265 e. The Bertz CT molecular complexity index is 1130. The summed E-state index contributed by atoms with van der Waals surface area (Å²) in [6.45, 7) is 5.99. The number of hydrogen-bond donors (Lipinski definition) is 0. The molecule has 7 heteroatoms. The van der Waals surface area contributed by atoms with Crippen LogP contribution >= 0.6 is 44.5 Å². The Labute approximate surface area is 181 Å². The molecule has 0 fully saturated rings. The monoisotopic (exact) mass is 447 g/mol. The van der Waals surface area contributed by atoms with Crippen LogP contribution in [0.5, 0.6) is 5.75 Å². The van der Waals surface area contributed by atoms with Gasteiger partial charge in [0.2, 0.25) is 0 Å². The van der Waals surface area contributed by atoms with Gasteiger partial charge in [-0.1, -0.05) is 68.8 Å². The van der Waals surface area contributed by atoms with Crippen molar-refractivity contribution in [3.63, 3.8) is 0 Å². The van der Waals surface area contributed by atoms with E-state index < -0.39 is 5.54 Å². The zero-order valence-corrected chi connectivity index (χ0v) is 18.8. The Balaban J connectivity index is 1.76. The van der Waals surface area contributed by atoms with Crippen LogP contribution in [0.3, 0.4) is 0 Å². The molecule has 2 heterocycles. The average Bonchev–Trinajstić information content (AvgIpc) is 3.03. The summed E-state index contributed by atoms with van der Waals surface area (Å²) >= 11 is 11.9. The molecule has 0 N–H and O–H groups in total. The molecule has 2 aromatic carbocycles. The van der Waals surface area contributed by atoms with Crippen molar-refractivity contribution in [3.05, 3.63) is 61.8 Å². The van der Waals surface area contributed by atoms with Gasteiger partial charge in [-0.15, -0.1) is 0 Å². The maximum absolute atomic E-state index is 13.3. The third-order valence-corrected chi connectivity index (χ3v) is 8.48. The Morgan fingerprint density at radius 3 is 2.71 bits per heavy atom. The second-order valence-corrected chi connectivity index (χ2v) is 10.4. The molecule has 1 amide bonds. The minimum absolute atomic E-state index is 0.0505. The summed E-state index contributed by atoms with van der Waals surface area (Å²) in [7, 11) is 3.21. The molecule has 0 aliphatic carbocycles. The zero-order chi connectivity index (χ0) is 20.1. The van der Waals surface area contributed by atoms with E-state index in [1.165, 1.54) is 0 Å². The number of nitrogens with zero attached hydrogens (tertiary/aromatic N) is 1. The van der Waals surface area contributed by atoms with Gasteiger partial charge in [-0.3, -0.25) is 9.69 Å². The van der Waals surface area contributed by atoms with Crippen molar-refractivity contribution in [2.24, 2.45) is 0 Å². The molecule has 0 atom stereocenters. The number of rotatable bonds is 3. The lowest BCUT2D eigenvalue weighted by Gasteiger charge is -2.42. The standard InChI is InChI=1S/C21H18ClNO2S3/c1-12-6-4-5-7-16(12)25-11-17(24)23-15-10-13(22)8-9-14(15)18-19(21(23,2)3)27-28-20(18)26/h4-10H,11H2,1-3H3. The maximum atomic E-state index is 13.3. The van der Waals surface area contributed by atoms with Crippen molar-refractivity contribution in [2.75, 3.05) is 11.5 Å². The van der Waals surface area contributed by atoms with Gasteiger partial charge in [0.25, 0.3) is 5.91 Å². The van der Waals surface area contributed by atoms with Gasteiger partial charge in [-0.2, -0.15) is 0 Å². The number of fused-ring (bicyclic) bond motifs is 3. The van der Waals surface area contributed by atoms with Crippen molar-refractivity contribution in [1.82, 2.24) is 0 Å². The van der Waals surface area contributed by atoms with Gasteiger partial charge in [0.05, 0.1) is 16.1 Å². The molecule has 1 aliphatic rings. The molecule has 3 aromatic rings. The number of para-hydroxylation sites is 1. The van der Waals surface area contributed by atoms with E-state index in [2.05, 4.69) is 0 Å². The number of carbonyl (C=O) groups is 1. The van der Waals surface area contributed by atoms with Crippen LogP contribution in [0.2, 0.25) is 5.02 Å². The van der Waals surface area contributed by atoms with Gasteiger partial charge in [0.1, 0.15) is 9.57 Å². The van der Waals surface area contributed by atoms with Crippen LogP contribution in [0.1, 0.15) is 24.3 Å². The highest BCUT2D eigenvalue weighted by molar-refractivity contribution is 7.80. The zero-order valence-electron chi connectivity index (χ0n) is 15.6. The number of aryl methyl sites for hydroxylation is 1. The van der Waals surface area contributed by atoms with E-state index in [0.717, 1.165) is 31.1 Å². The van der Waals surface area contributed by atoms with Crippen LogP contribution in [0, 0.1) is 10.7 Å². The van der Waals surface area contributed by atoms with Crippen LogP contribution in [0.15, 0.2) is 42.5 Å². The molecule has 0 bridgehead atoms. The highest BCUT2D eigenvalue weighted by Gasteiger charge is 2.43. The predicted octanol–water partition coefficient (Wildman–Crippen LogP) is 6.83. The van der Waals surface area contributed by atoms with E-state index in [1.807, 2.05) is 63.2 Å². The average molecular weight is 448 g/mol. The summed E-state index contributed by atoms with van der Waals surface area (Å²) in [5.74, 6) is 0.593. The minimum Gasteiger partial charge on any atom is -0.483 e. The van der Waals surface area contributed by atoms with Gasteiger partial charge >= 0.3 is 0 Å². The summed E-state index contributed by atoms with van der Waals surface area (Å²) in [5, 5.41) is 0.584. The molecule has 3 nitrogen and oxygen atoms in total. The van der Waals surface area contributed by atoms with Gasteiger partial charge in [0.15, 0.2) is 6.61 Å². The largest absolute Gasteiger partial charge is 0.483 e. The molecule has 0 saturated carbocycles. The van der Waals surface area contributed by atoms with Gasteiger partial charge in [-0.25, -0.2) is 0 Å². The van der Waals surface area contributed by atoms with Crippen LogP contribution in [0.4, 0.5) is 5.69 Å². The summed E-state index contributed by atoms with van der Waals surface area (Å²) < 4.78 is 6.69. The van der Waals surface area contributed by atoms with Gasteiger partial charge < -0.3 is 4.74 Å². The number of anilines is 1. The van der Waals surface area contributed by atoms with Crippen molar-refractivity contribution in [1.29, 1.82) is 0 Å². The van der Waals surface area contributed by atoms with E-state index in [1.54, 1.807) is 25.6 Å². The number of benzene rings is 2. The first-order valence-electron chi connectivity index (χ1n) is 8.75. The lowest BCUT2D eigenvalue weighted by Crippen LogP contribution is -2.49. The molecule has 144 valence electrons. The molecular weight excluding hydrogens is 430 g/mol. The lowest BCUT2D eigenvalue weighted by atomic mass is 9.87. The van der Waals surface area contributed by atoms with E-state index in [9.17, 15) is 4.79 Å². The third kappa shape index (κ3) is 3.18. The van der Waals surface area contributed by atoms with E-state index in [4.69, 9.17) is 28.6 Å². The van der Waals surface area contributed by atoms with Crippen molar-refractivity contribution in [2.45, 2.75) is 26.3 Å². The lowest BCUT2D eigenvalue weighted by molar-refractivity contribution is -0.121. The fourth-order valence-electron chi connectivity index (χ4n) is 3.57. The van der Waals surface area contributed by atoms with Crippen molar-refractivity contribution in [3.8, 4) is 16.9 Å². The number of amides is 1. The number of hydrogen-bond acceptors (Lipinski definition) is 5. The van der Waals surface area contributed by atoms with Gasteiger partial charge in [-0.05, 0) is 44.5 Å². The van der Waals surface area contributed by atoms with Crippen molar-refractivity contribution < 1.29 is 9.53 Å². The summed E-state index contributed by atoms with van der Waals surface area (Å²) in [6, 6.07) is 13.3. The second kappa shape index (κ2) is 7.26. The fraction of sp³-hybridized carbons (Fsp3) is 0.238. The van der Waals surface area contributed by atoms with E-state index in [0.29, 0.717) is 10.8 Å². The first-order valence-corrected chi connectivity index (χ1v) is 11.7. The van der Waals surface area contributed by atoms with Crippen LogP contribution in [-0.2, 0) is 10.3 Å². The fourth-order valence-corrected chi connectivity index (χ4v) is 7.02. The second-order valence-electron chi connectivity index (χ2n) is 7.16. The highest BCUT2D eigenvalue weighted by atomic mass is 35.5. The number of carbonyl (C=O) groups excluding carboxylic acids is 1. The van der Waals surface area contributed by atoms with Crippen LogP contribution < -0.4 is 9.64 Å². The van der Waals surface area contributed by atoms with Gasteiger partial charge in [0, 0.05) is 16.1 Å². The third-order valence-electron chi connectivity index (χ3n) is 4.91. The SMILES string of the molecule is Cc1ccccc1OCC(=O)N1c2cc(Cl)ccc2-c2c(ssc2=S)C1(C)C. The Morgan fingerprint density at radius 2 is 1.96 bits per heavy atom. The predicted molar refractivity (Wildman–Crippen MR) is 121 cm³/mol. The Morgan fingerprint density at radius 1 is 1.21 bits per heavy atom. The Hall–Kier alpha value is -1.73. The number of halogens is 1. The van der Waals surface area contributed by atoms with Crippen LogP contribution in [0.25, 0.3) is 11.1 Å². The molecule has 0 radical (unpaired) electrons. The molecule has 0 spiro atoms. The van der Waals surface area contributed by atoms with E-state index in [-0.39, 0.29) is 12.5 Å². The first kappa shape index (κ1) is 19.6. The quantitative estimate of drug-likeness (QED) is 0.325. The summed E-state index contributed by atoms with van der Waals surface area (Å²) in [5.41, 5.74) is 3.23. The van der Waals surface area contributed by atoms with E-state index >= 15 is 0 Å². The summed E-state index contributed by atoms with van der Waals surface area (Å²) in [4.78, 5) is 16.2. The Kier molecular flexibility index (Phi) is 5.08. The van der Waals surface area contributed by atoms with Crippen LogP contribution in [-0.4, -0.2) is 12.5 Å². The number of ether oxygens (including phenoxy) is 1. The molecular formula is C21H18ClNO2S3. The molecule has 28 heavy (non-hydrogen) atoms. The molecule has 0 saturated heterocycles. The summed E-state index contributed by atoms with van der Waals surface area (Å²) in [6.07, 6.45) is 0. The molecule has 1 aliphatic heterocycles. The first-order chi connectivity index (χ1) is 13.3. The molecule has 0 unspecified atom stereocenters. The highest BCUT2D eigenvalue weighted by Crippen LogP contribution is 2.52. The normalized spacial score (nSPS) is 14.4. The smallest absolute Gasteiger partial charge is 0.265 e. The topological polar surface area (TPSA) is 29.5 Å². The van der Waals surface area contributed by atoms with Crippen molar-refractivity contribution >= 4 is 56.1 Å².